The van der Waals surface area contributed by atoms with Crippen LogP contribution in [0.3, 0.4) is 0 Å². The molecule has 4 aromatic rings. The molecule has 0 saturated carbocycles. The fourth-order valence-electron chi connectivity index (χ4n) is 4.62. The maximum absolute atomic E-state index is 13.3. The molecule has 0 radical (unpaired) electrons. The Balaban J connectivity index is 1.47. The first-order chi connectivity index (χ1) is 16.0. The van der Waals surface area contributed by atoms with Gasteiger partial charge >= 0.3 is 5.97 Å². The Hall–Kier alpha value is -4.26. The lowest BCUT2D eigenvalue weighted by Crippen LogP contribution is -2.21. The van der Waals surface area contributed by atoms with Crippen LogP contribution in [-0.2, 0) is 11.8 Å². The Morgan fingerprint density at radius 3 is 2.79 bits per heavy atom. The van der Waals surface area contributed by atoms with Crippen molar-refractivity contribution in [3.8, 4) is 17.2 Å². The number of benzene rings is 2. The molecule has 0 N–H and O–H groups in total. The lowest BCUT2D eigenvalue weighted by molar-refractivity contribution is -0.135. The zero-order chi connectivity index (χ0) is 22.7. The van der Waals surface area contributed by atoms with Gasteiger partial charge in [-0.3, -0.25) is 9.59 Å². The van der Waals surface area contributed by atoms with Gasteiger partial charge in [0.1, 0.15) is 23.0 Å². The summed E-state index contributed by atoms with van der Waals surface area (Å²) in [6, 6.07) is 12.7. The lowest BCUT2D eigenvalue weighted by atomic mass is 9.88. The van der Waals surface area contributed by atoms with Gasteiger partial charge in [0.2, 0.25) is 5.78 Å². The second-order valence-corrected chi connectivity index (χ2v) is 8.12. The standard InChI is InChI=1S/C26H19NO6/c1-27-13-14(17-11-15(30-2)5-7-19(17)27)10-22-25(29)16-6-8-21-24(26(16)33-22)18(12-23(28)32-21)20-4-3-9-31-20/h3-11,13,18H,12H2,1-2H3/b22-10-/t18-/m0/s1. The molecule has 0 amide bonds. The number of allylic oxidation sites excluding steroid dienone is 1. The van der Waals surface area contributed by atoms with Gasteiger partial charge in [0, 0.05) is 35.3 Å². The Morgan fingerprint density at radius 1 is 1.12 bits per heavy atom. The number of hydrogen-bond donors (Lipinski definition) is 0. The average molecular weight is 441 g/mol. The molecule has 2 aromatic carbocycles. The Labute approximate surface area is 188 Å². The number of carbonyl (C=O) groups is 2. The van der Waals surface area contributed by atoms with Gasteiger partial charge in [-0.1, -0.05) is 0 Å². The minimum Gasteiger partial charge on any atom is -0.497 e. The number of Topliss-reactive ketones (excluding diaryl/α,β-unsaturated/α-hetero) is 1. The van der Waals surface area contributed by atoms with Crippen LogP contribution in [0.1, 0.15) is 39.6 Å². The van der Waals surface area contributed by atoms with E-state index in [0.29, 0.717) is 28.4 Å². The number of carbonyl (C=O) groups excluding carboxylic acids is 2. The Kier molecular flexibility index (Phi) is 4.20. The second kappa shape index (κ2) is 7.13. The van der Waals surface area contributed by atoms with Gasteiger partial charge in [0.25, 0.3) is 0 Å². The maximum atomic E-state index is 13.3. The molecule has 7 heteroatoms. The molecule has 33 heavy (non-hydrogen) atoms. The highest BCUT2D eigenvalue weighted by Crippen LogP contribution is 2.49. The zero-order valence-electron chi connectivity index (χ0n) is 18.0. The molecule has 2 aliphatic heterocycles. The summed E-state index contributed by atoms with van der Waals surface area (Å²) in [5, 5.41) is 0.945. The molecule has 7 nitrogen and oxygen atoms in total. The summed E-state index contributed by atoms with van der Waals surface area (Å²) in [5.41, 5.74) is 2.93. The predicted octanol–water partition coefficient (Wildman–Crippen LogP) is 4.84. The first-order valence-corrected chi connectivity index (χ1v) is 10.5. The summed E-state index contributed by atoms with van der Waals surface area (Å²) < 4.78 is 24.5. The zero-order valence-corrected chi connectivity index (χ0v) is 18.0. The van der Waals surface area contributed by atoms with Crippen LogP contribution in [0.15, 0.2) is 65.1 Å². The number of aryl methyl sites for hydroxylation is 1. The third kappa shape index (κ3) is 2.96. The number of hydrogen-bond acceptors (Lipinski definition) is 6. The van der Waals surface area contributed by atoms with E-state index in [1.165, 1.54) is 0 Å². The number of aromatic nitrogens is 1. The molecule has 4 heterocycles. The van der Waals surface area contributed by atoms with E-state index in [1.807, 2.05) is 42.1 Å². The van der Waals surface area contributed by atoms with Crippen molar-refractivity contribution in [2.45, 2.75) is 12.3 Å². The van der Waals surface area contributed by atoms with Gasteiger partial charge in [0.05, 0.1) is 31.3 Å². The average Bonchev–Trinajstić information content (AvgIpc) is 3.53. The van der Waals surface area contributed by atoms with Crippen molar-refractivity contribution in [2.75, 3.05) is 7.11 Å². The number of esters is 1. The summed E-state index contributed by atoms with van der Waals surface area (Å²) >= 11 is 0. The van der Waals surface area contributed by atoms with Gasteiger partial charge in [-0.05, 0) is 48.5 Å². The third-order valence-corrected chi connectivity index (χ3v) is 6.18. The van der Waals surface area contributed by atoms with Crippen LogP contribution in [-0.4, -0.2) is 23.4 Å². The van der Waals surface area contributed by atoms with Crippen molar-refractivity contribution >= 4 is 28.7 Å². The van der Waals surface area contributed by atoms with Gasteiger partial charge in [0.15, 0.2) is 5.76 Å². The number of fused-ring (bicyclic) bond motifs is 4. The van der Waals surface area contributed by atoms with Crippen molar-refractivity contribution in [2.24, 2.45) is 7.05 Å². The quantitative estimate of drug-likeness (QED) is 0.257. The molecule has 2 aromatic heterocycles. The minimum atomic E-state index is -0.389. The first-order valence-electron chi connectivity index (χ1n) is 10.5. The van der Waals surface area contributed by atoms with Crippen LogP contribution in [0.4, 0.5) is 0 Å². The molecule has 2 aliphatic rings. The summed E-state index contributed by atoms with van der Waals surface area (Å²) in [7, 11) is 3.56. The van der Waals surface area contributed by atoms with Gasteiger partial charge in [-0.15, -0.1) is 0 Å². The molecular weight excluding hydrogens is 422 g/mol. The van der Waals surface area contributed by atoms with Crippen LogP contribution in [0.5, 0.6) is 17.2 Å². The van der Waals surface area contributed by atoms with Gasteiger partial charge in [-0.2, -0.15) is 0 Å². The normalized spacial score (nSPS) is 18.2. The van der Waals surface area contributed by atoms with Gasteiger partial charge in [-0.25, -0.2) is 0 Å². The van der Waals surface area contributed by atoms with E-state index in [0.717, 1.165) is 22.2 Å². The van der Waals surface area contributed by atoms with E-state index in [2.05, 4.69) is 0 Å². The molecular formula is C26H19NO6. The van der Waals surface area contributed by atoms with E-state index in [4.69, 9.17) is 18.6 Å². The minimum absolute atomic E-state index is 0.108. The topological polar surface area (TPSA) is 79.9 Å². The summed E-state index contributed by atoms with van der Waals surface area (Å²) in [4.78, 5) is 25.4. The molecule has 0 spiro atoms. The molecule has 0 bridgehead atoms. The summed E-state index contributed by atoms with van der Waals surface area (Å²) in [6.07, 6.45) is 5.35. The largest absolute Gasteiger partial charge is 0.497 e. The maximum Gasteiger partial charge on any atom is 0.312 e. The number of ether oxygens (including phenoxy) is 3. The van der Waals surface area contributed by atoms with Gasteiger partial charge < -0.3 is 23.2 Å². The van der Waals surface area contributed by atoms with E-state index in [9.17, 15) is 9.59 Å². The molecule has 1 atom stereocenters. The fourth-order valence-corrected chi connectivity index (χ4v) is 4.62. The molecule has 6 rings (SSSR count). The number of rotatable bonds is 3. The van der Waals surface area contributed by atoms with Crippen LogP contribution >= 0.6 is 0 Å². The smallest absolute Gasteiger partial charge is 0.312 e. The lowest BCUT2D eigenvalue weighted by Gasteiger charge is -2.24. The van der Waals surface area contributed by atoms with E-state index < -0.39 is 0 Å². The first kappa shape index (κ1) is 19.4. The number of furan rings is 1. The number of methoxy groups -OCH3 is 1. The summed E-state index contributed by atoms with van der Waals surface area (Å²) in [5.74, 6) is 1.40. The monoisotopic (exact) mass is 441 g/mol. The van der Waals surface area contributed by atoms with Crippen LogP contribution in [0, 0.1) is 0 Å². The Morgan fingerprint density at radius 2 is 2.00 bits per heavy atom. The van der Waals surface area contributed by atoms with Crippen molar-refractivity contribution in [3.05, 3.63) is 83.1 Å². The molecule has 164 valence electrons. The fraction of sp³-hybridized carbons (Fsp3) is 0.154. The highest BCUT2D eigenvalue weighted by molar-refractivity contribution is 6.15. The number of nitrogens with zero attached hydrogens (tertiary/aromatic N) is 1. The van der Waals surface area contributed by atoms with E-state index in [-0.39, 0.29) is 29.9 Å². The highest BCUT2D eigenvalue weighted by atomic mass is 16.5. The number of ketones is 1. The third-order valence-electron chi connectivity index (χ3n) is 6.18. The highest BCUT2D eigenvalue weighted by Gasteiger charge is 2.39. The van der Waals surface area contributed by atoms with E-state index in [1.54, 1.807) is 37.6 Å². The van der Waals surface area contributed by atoms with Crippen molar-refractivity contribution in [3.63, 3.8) is 0 Å². The predicted molar refractivity (Wildman–Crippen MR) is 120 cm³/mol. The summed E-state index contributed by atoms with van der Waals surface area (Å²) in [6.45, 7) is 0. The Bertz CT molecular complexity index is 1470. The van der Waals surface area contributed by atoms with Crippen LogP contribution in [0.25, 0.3) is 17.0 Å². The second-order valence-electron chi connectivity index (χ2n) is 8.12. The molecule has 0 aliphatic carbocycles. The molecule has 0 unspecified atom stereocenters. The molecule has 0 saturated heterocycles. The van der Waals surface area contributed by atoms with E-state index >= 15 is 0 Å². The molecule has 0 fully saturated rings. The van der Waals surface area contributed by atoms with Crippen molar-refractivity contribution < 1.29 is 28.2 Å². The van der Waals surface area contributed by atoms with Crippen LogP contribution < -0.4 is 14.2 Å². The SMILES string of the molecule is COc1ccc2c(c1)c(/C=C1\Oc3c(ccc4c3[C@H](c3ccco3)CC(=O)O4)C1=O)cn2C. The van der Waals surface area contributed by atoms with Crippen molar-refractivity contribution in [1.82, 2.24) is 4.57 Å². The van der Waals surface area contributed by atoms with Crippen LogP contribution in [0.2, 0.25) is 0 Å². The van der Waals surface area contributed by atoms with Crippen molar-refractivity contribution in [1.29, 1.82) is 0 Å².